The van der Waals surface area contributed by atoms with E-state index in [2.05, 4.69) is 51.5 Å². The predicted octanol–water partition coefficient (Wildman–Crippen LogP) is 2.60. The second kappa shape index (κ2) is 8.65. The normalized spacial score (nSPS) is 17.0. The highest BCUT2D eigenvalue weighted by Gasteiger charge is 2.23. The second-order valence-corrected chi connectivity index (χ2v) is 6.59. The summed E-state index contributed by atoms with van der Waals surface area (Å²) in [6.45, 7) is 4.85. The molecule has 0 bridgehead atoms. The molecule has 1 saturated heterocycles. The van der Waals surface area contributed by atoms with Crippen molar-refractivity contribution in [3.05, 3.63) is 42.0 Å². The van der Waals surface area contributed by atoms with Gasteiger partial charge in [0.05, 0.1) is 0 Å². The number of rotatable bonds is 8. The van der Waals surface area contributed by atoms with E-state index >= 15 is 0 Å². The Labute approximate surface area is 148 Å². The molecule has 1 amide bonds. The Bertz CT molecular complexity index is 671. The van der Waals surface area contributed by atoms with Crippen molar-refractivity contribution in [2.24, 2.45) is 5.92 Å². The Kier molecular flexibility index (Phi) is 6.04. The maximum Gasteiger partial charge on any atom is 0.227 e. The van der Waals surface area contributed by atoms with E-state index in [1.54, 1.807) is 0 Å². The molecule has 1 fully saturated rings. The third-order valence-electron chi connectivity index (χ3n) is 4.54. The van der Waals surface area contributed by atoms with Crippen LogP contribution >= 0.6 is 0 Å². The summed E-state index contributed by atoms with van der Waals surface area (Å²) in [5.41, 5.74) is 1.26. The first-order valence-electron chi connectivity index (χ1n) is 9.12. The van der Waals surface area contributed by atoms with Gasteiger partial charge in [-0.05, 0) is 30.9 Å². The third-order valence-corrected chi connectivity index (χ3v) is 4.54. The molecular weight excluding hydrogens is 316 g/mol. The van der Waals surface area contributed by atoms with Crippen LogP contribution in [0.25, 0.3) is 0 Å². The summed E-state index contributed by atoms with van der Waals surface area (Å²) < 4.78 is 5.16. The number of carbonyl (C=O) groups excluding carboxylic acids is 1. The van der Waals surface area contributed by atoms with E-state index in [0.29, 0.717) is 24.7 Å². The average Bonchev–Trinajstić information content (AvgIpc) is 3.29. The molecule has 2 heterocycles. The number of benzene rings is 1. The van der Waals surface area contributed by atoms with Gasteiger partial charge in [0.2, 0.25) is 11.8 Å². The Morgan fingerprint density at radius 3 is 2.96 bits per heavy atom. The van der Waals surface area contributed by atoms with Crippen LogP contribution in [0.4, 0.5) is 5.69 Å². The Hall–Kier alpha value is -2.37. The van der Waals surface area contributed by atoms with Gasteiger partial charge in [0.15, 0.2) is 5.82 Å². The molecule has 25 heavy (non-hydrogen) atoms. The summed E-state index contributed by atoms with van der Waals surface area (Å²) in [6, 6.07) is 10.4. The van der Waals surface area contributed by atoms with Gasteiger partial charge in [-0.2, -0.15) is 4.98 Å². The Balaban J connectivity index is 1.36. The quantitative estimate of drug-likeness (QED) is 0.798. The van der Waals surface area contributed by atoms with Crippen molar-refractivity contribution < 1.29 is 9.32 Å². The van der Waals surface area contributed by atoms with Crippen LogP contribution in [-0.2, 0) is 17.6 Å². The van der Waals surface area contributed by atoms with Crippen LogP contribution in [0.15, 0.2) is 34.9 Å². The fourth-order valence-electron chi connectivity index (χ4n) is 3.16. The highest BCUT2D eigenvalue weighted by Crippen LogP contribution is 2.22. The third kappa shape index (κ3) is 5.05. The monoisotopic (exact) mass is 342 g/mol. The van der Waals surface area contributed by atoms with Crippen LogP contribution in [0, 0.1) is 5.92 Å². The zero-order chi connectivity index (χ0) is 17.5. The topological polar surface area (TPSA) is 71.3 Å². The van der Waals surface area contributed by atoms with Gasteiger partial charge in [-0.15, -0.1) is 0 Å². The molecule has 1 aliphatic rings. The molecule has 1 aliphatic heterocycles. The standard InChI is InChI=1S/C19H26N4O2/c1-2-6-17-21-19(25-22-17)10-9-18(24)20-13-15-11-12-23(14-15)16-7-4-3-5-8-16/h3-5,7-8,15H,2,6,9-14H2,1H3,(H,20,24). The van der Waals surface area contributed by atoms with Crippen LogP contribution in [0.5, 0.6) is 0 Å². The number of aromatic nitrogens is 2. The van der Waals surface area contributed by atoms with Gasteiger partial charge < -0.3 is 14.7 Å². The first kappa shape index (κ1) is 17.5. The van der Waals surface area contributed by atoms with Crippen LogP contribution in [0.3, 0.4) is 0 Å². The molecule has 1 unspecified atom stereocenters. The molecule has 2 aromatic rings. The fraction of sp³-hybridized carbons (Fsp3) is 0.526. The number of hydrogen-bond acceptors (Lipinski definition) is 5. The first-order chi connectivity index (χ1) is 12.2. The van der Waals surface area contributed by atoms with Crippen molar-refractivity contribution in [3.63, 3.8) is 0 Å². The summed E-state index contributed by atoms with van der Waals surface area (Å²) in [7, 11) is 0. The maximum absolute atomic E-state index is 12.0. The molecule has 0 aliphatic carbocycles. The maximum atomic E-state index is 12.0. The van der Waals surface area contributed by atoms with Gasteiger partial charge >= 0.3 is 0 Å². The summed E-state index contributed by atoms with van der Waals surface area (Å²) in [6.07, 6.45) is 3.81. The molecule has 1 atom stereocenters. The van der Waals surface area contributed by atoms with Gasteiger partial charge in [0.25, 0.3) is 0 Å². The van der Waals surface area contributed by atoms with Crippen molar-refractivity contribution in [3.8, 4) is 0 Å². The van der Waals surface area contributed by atoms with Crippen molar-refractivity contribution in [1.29, 1.82) is 0 Å². The largest absolute Gasteiger partial charge is 0.371 e. The lowest BCUT2D eigenvalue weighted by atomic mass is 10.1. The molecular formula is C19H26N4O2. The molecule has 1 N–H and O–H groups in total. The van der Waals surface area contributed by atoms with E-state index in [4.69, 9.17) is 4.52 Å². The molecule has 1 aromatic heterocycles. The van der Waals surface area contributed by atoms with Crippen LogP contribution in [-0.4, -0.2) is 35.7 Å². The summed E-state index contributed by atoms with van der Waals surface area (Å²) in [5.74, 6) is 1.83. The highest BCUT2D eigenvalue weighted by molar-refractivity contribution is 5.76. The zero-order valence-electron chi connectivity index (χ0n) is 14.8. The molecule has 0 radical (unpaired) electrons. The van der Waals surface area contributed by atoms with Crippen LogP contribution in [0.1, 0.15) is 37.9 Å². The van der Waals surface area contributed by atoms with Crippen molar-refractivity contribution >= 4 is 11.6 Å². The van der Waals surface area contributed by atoms with E-state index in [-0.39, 0.29) is 5.91 Å². The molecule has 6 heteroatoms. The molecule has 3 rings (SSSR count). The van der Waals surface area contributed by atoms with Gasteiger partial charge in [-0.25, -0.2) is 0 Å². The highest BCUT2D eigenvalue weighted by atomic mass is 16.5. The number of amides is 1. The number of nitrogens with one attached hydrogen (secondary N) is 1. The second-order valence-electron chi connectivity index (χ2n) is 6.59. The Morgan fingerprint density at radius 1 is 1.32 bits per heavy atom. The molecule has 134 valence electrons. The number of nitrogens with zero attached hydrogens (tertiary/aromatic N) is 3. The summed E-state index contributed by atoms with van der Waals surface area (Å²) >= 11 is 0. The van der Waals surface area contributed by atoms with E-state index in [9.17, 15) is 4.79 Å². The number of carbonyl (C=O) groups is 1. The number of anilines is 1. The minimum Gasteiger partial charge on any atom is -0.371 e. The smallest absolute Gasteiger partial charge is 0.227 e. The first-order valence-corrected chi connectivity index (χ1v) is 9.12. The summed E-state index contributed by atoms with van der Waals surface area (Å²) in [4.78, 5) is 18.7. The van der Waals surface area contributed by atoms with Crippen LogP contribution < -0.4 is 10.2 Å². The van der Waals surface area contributed by atoms with Crippen LogP contribution in [0.2, 0.25) is 0 Å². The van der Waals surface area contributed by atoms with E-state index in [1.807, 2.05) is 6.07 Å². The minimum absolute atomic E-state index is 0.0494. The lowest BCUT2D eigenvalue weighted by molar-refractivity contribution is -0.121. The van der Waals surface area contributed by atoms with Gasteiger partial charge in [0.1, 0.15) is 0 Å². The molecule has 0 spiro atoms. The van der Waals surface area contributed by atoms with E-state index in [0.717, 1.165) is 44.7 Å². The number of para-hydroxylation sites is 1. The van der Waals surface area contributed by atoms with Gasteiger partial charge in [-0.1, -0.05) is 30.3 Å². The lowest BCUT2D eigenvalue weighted by Crippen LogP contribution is -2.31. The van der Waals surface area contributed by atoms with Crippen molar-refractivity contribution in [2.45, 2.75) is 39.0 Å². The van der Waals surface area contributed by atoms with E-state index in [1.165, 1.54) is 5.69 Å². The predicted molar refractivity (Wildman–Crippen MR) is 96.4 cm³/mol. The zero-order valence-corrected chi connectivity index (χ0v) is 14.8. The van der Waals surface area contributed by atoms with Crippen molar-refractivity contribution in [2.75, 3.05) is 24.5 Å². The number of hydrogen-bond donors (Lipinski definition) is 1. The SMILES string of the molecule is CCCc1noc(CCC(=O)NCC2CCN(c3ccccc3)C2)n1. The fourth-order valence-corrected chi connectivity index (χ4v) is 3.16. The lowest BCUT2D eigenvalue weighted by Gasteiger charge is -2.18. The van der Waals surface area contributed by atoms with E-state index < -0.39 is 0 Å². The van der Waals surface area contributed by atoms with Gasteiger partial charge in [-0.3, -0.25) is 4.79 Å². The Morgan fingerprint density at radius 2 is 2.16 bits per heavy atom. The molecule has 1 aromatic carbocycles. The minimum atomic E-state index is 0.0494. The number of aryl methyl sites for hydroxylation is 2. The summed E-state index contributed by atoms with van der Waals surface area (Å²) in [5, 5.41) is 6.95. The van der Waals surface area contributed by atoms with Gasteiger partial charge in [0, 0.05) is 44.6 Å². The average molecular weight is 342 g/mol. The molecule has 0 saturated carbocycles. The van der Waals surface area contributed by atoms with Crippen molar-refractivity contribution in [1.82, 2.24) is 15.5 Å². The molecule has 6 nitrogen and oxygen atoms in total.